The Morgan fingerprint density at radius 2 is 2.06 bits per heavy atom. The monoisotopic (exact) mass is 230 g/mol. The molecule has 3 heteroatoms. The van der Waals surface area contributed by atoms with Gasteiger partial charge >= 0.3 is 0 Å². The summed E-state index contributed by atoms with van der Waals surface area (Å²) in [6, 6.07) is 7.81. The second kappa shape index (κ2) is 4.06. The second-order valence-electron chi connectivity index (χ2n) is 5.26. The summed E-state index contributed by atoms with van der Waals surface area (Å²) in [5.74, 6) is 0.910. The summed E-state index contributed by atoms with van der Waals surface area (Å²) in [4.78, 5) is 14.5. The van der Waals surface area contributed by atoms with Crippen molar-refractivity contribution in [3.8, 4) is 0 Å². The number of anilines is 1. The molecule has 3 rings (SSSR count). The highest BCUT2D eigenvalue weighted by molar-refractivity contribution is 5.95. The predicted molar refractivity (Wildman–Crippen MR) is 67.6 cm³/mol. The van der Waals surface area contributed by atoms with Crippen molar-refractivity contribution in [3.63, 3.8) is 0 Å². The van der Waals surface area contributed by atoms with Crippen molar-refractivity contribution in [2.75, 3.05) is 12.3 Å². The first-order valence-electron chi connectivity index (χ1n) is 6.40. The summed E-state index contributed by atoms with van der Waals surface area (Å²) in [5.41, 5.74) is 7.13. The van der Waals surface area contributed by atoms with Gasteiger partial charge in [0.2, 0.25) is 0 Å². The summed E-state index contributed by atoms with van der Waals surface area (Å²) >= 11 is 0. The third-order valence-corrected chi connectivity index (χ3v) is 3.53. The van der Waals surface area contributed by atoms with Gasteiger partial charge in [0.05, 0.1) is 0 Å². The number of nitrogens with zero attached hydrogens (tertiary/aromatic N) is 1. The van der Waals surface area contributed by atoms with Crippen LogP contribution in [0.1, 0.15) is 36.0 Å². The number of rotatable bonds is 4. The first-order valence-corrected chi connectivity index (χ1v) is 6.40. The standard InChI is InChI=1S/C14H18N2O/c15-12-3-1-2-11(8-12)14(17)16(13-6-7-13)9-10-4-5-10/h1-3,8,10,13H,4-7,9,15H2. The van der Waals surface area contributed by atoms with E-state index < -0.39 is 0 Å². The summed E-state index contributed by atoms with van der Waals surface area (Å²) < 4.78 is 0. The quantitative estimate of drug-likeness (QED) is 0.807. The lowest BCUT2D eigenvalue weighted by Crippen LogP contribution is -2.34. The van der Waals surface area contributed by atoms with Crippen LogP contribution in [0.2, 0.25) is 0 Å². The molecule has 0 atom stereocenters. The number of nitrogen functional groups attached to an aromatic ring is 1. The first kappa shape index (κ1) is 10.6. The van der Waals surface area contributed by atoms with Gasteiger partial charge in [-0.15, -0.1) is 0 Å². The third kappa shape index (κ3) is 2.43. The van der Waals surface area contributed by atoms with Crippen molar-refractivity contribution in [2.45, 2.75) is 31.7 Å². The Labute approximate surface area is 102 Å². The van der Waals surface area contributed by atoms with E-state index in [0.717, 1.165) is 18.0 Å². The molecule has 0 aromatic heterocycles. The van der Waals surface area contributed by atoms with Crippen molar-refractivity contribution in [1.29, 1.82) is 0 Å². The van der Waals surface area contributed by atoms with Gasteiger partial charge in [-0.25, -0.2) is 0 Å². The minimum Gasteiger partial charge on any atom is -0.399 e. The Hall–Kier alpha value is -1.51. The number of nitrogens with two attached hydrogens (primary N) is 1. The highest BCUT2D eigenvalue weighted by atomic mass is 16.2. The van der Waals surface area contributed by atoms with Gasteiger partial charge in [0.25, 0.3) is 5.91 Å². The maximum Gasteiger partial charge on any atom is 0.254 e. The van der Waals surface area contributed by atoms with E-state index in [4.69, 9.17) is 5.73 Å². The van der Waals surface area contributed by atoms with Crippen LogP contribution < -0.4 is 5.73 Å². The lowest BCUT2D eigenvalue weighted by Gasteiger charge is -2.22. The van der Waals surface area contributed by atoms with Crippen LogP contribution >= 0.6 is 0 Å². The molecule has 0 radical (unpaired) electrons. The molecule has 0 bridgehead atoms. The molecule has 0 saturated heterocycles. The van der Waals surface area contributed by atoms with Crippen molar-refractivity contribution >= 4 is 11.6 Å². The molecule has 1 aromatic carbocycles. The second-order valence-corrected chi connectivity index (χ2v) is 5.26. The molecule has 1 aromatic rings. The fourth-order valence-electron chi connectivity index (χ4n) is 2.20. The van der Waals surface area contributed by atoms with Crippen LogP contribution in [0.4, 0.5) is 5.69 Å². The molecule has 3 nitrogen and oxygen atoms in total. The number of benzene rings is 1. The maximum atomic E-state index is 12.4. The Balaban J connectivity index is 1.77. The highest BCUT2D eigenvalue weighted by Gasteiger charge is 2.36. The van der Waals surface area contributed by atoms with Crippen molar-refractivity contribution in [1.82, 2.24) is 4.90 Å². The molecular formula is C14H18N2O. The topological polar surface area (TPSA) is 46.3 Å². The SMILES string of the molecule is Nc1cccc(C(=O)N(CC2CC2)C2CC2)c1. The minimum absolute atomic E-state index is 0.159. The minimum atomic E-state index is 0.159. The van der Waals surface area contributed by atoms with E-state index in [1.807, 2.05) is 18.2 Å². The van der Waals surface area contributed by atoms with E-state index in [0.29, 0.717) is 11.7 Å². The van der Waals surface area contributed by atoms with Crippen LogP contribution in [0, 0.1) is 5.92 Å². The van der Waals surface area contributed by atoms with Crippen molar-refractivity contribution in [2.24, 2.45) is 5.92 Å². The zero-order chi connectivity index (χ0) is 11.8. The Kier molecular flexibility index (Phi) is 2.54. The van der Waals surface area contributed by atoms with E-state index in [1.165, 1.54) is 25.7 Å². The summed E-state index contributed by atoms with van der Waals surface area (Å²) in [7, 11) is 0. The van der Waals surface area contributed by atoms with E-state index in [9.17, 15) is 4.79 Å². The van der Waals surface area contributed by atoms with Crippen LogP contribution in [0.5, 0.6) is 0 Å². The predicted octanol–water partition coefficient (Wildman–Crippen LogP) is 2.28. The number of hydrogen-bond donors (Lipinski definition) is 1. The molecule has 2 aliphatic carbocycles. The molecular weight excluding hydrogens is 212 g/mol. The van der Waals surface area contributed by atoms with Gasteiger partial charge in [-0.05, 0) is 49.8 Å². The number of carbonyl (C=O) groups is 1. The van der Waals surface area contributed by atoms with Crippen LogP contribution in [0.15, 0.2) is 24.3 Å². The Morgan fingerprint density at radius 3 is 2.65 bits per heavy atom. The Morgan fingerprint density at radius 1 is 1.29 bits per heavy atom. The maximum absolute atomic E-state index is 12.4. The van der Waals surface area contributed by atoms with Gasteiger partial charge in [0.15, 0.2) is 0 Å². The Bertz CT molecular complexity index is 436. The molecule has 2 fully saturated rings. The molecule has 0 spiro atoms. The lowest BCUT2D eigenvalue weighted by atomic mass is 10.1. The largest absolute Gasteiger partial charge is 0.399 e. The van der Waals surface area contributed by atoms with E-state index in [-0.39, 0.29) is 5.91 Å². The van der Waals surface area contributed by atoms with E-state index >= 15 is 0 Å². The number of amides is 1. The zero-order valence-corrected chi connectivity index (χ0v) is 9.93. The third-order valence-electron chi connectivity index (χ3n) is 3.53. The number of hydrogen-bond acceptors (Lipinski definition) is 2. The summed E-state index contributed by atoms with van der Waals surface area (Å²) in [6.07, 6.45) is 4.91. The molecule has 0 unspecified atom stereocenters. The van der Waals surface area contributed by atoms with Crippen LogP contribution in [0.3, 0.4) is 0 Å². The normalized spacial score (nSPS) is 19.1. The van der Waals surface area contributed by atoms with Crippen molar-refractivity contribution < 1.29 is 4.79 Å². The molecule has 2 aliphatic rings. The molecule has 90 valence electrons. The van der Waals surface area contributed by atoms with E-state index in [2.05, 4.69) is 4.90 Å². The van der Waals surface area contributed by atoms with Gasteiger partial charge in [0.1, 0.15) is 0 Å². The fraction of sp³-hybridized carbons (Fsp3) is 0.500. The first-order chi connectivity index (χ1) is 8.24. The molecule has 0 aliphatic heterocycles. The summed E-state index contributed by atoms with van der Waals surface area (Å²) in [6.45, 7) is 0.943. The average molecular weight is 230 g/mol. The molecule has 1 amide bonds. The van der Waals surface area contributed by atoms with Gasteiger partial charge in [-0.2, -0.15) is 0 Å². The van der Waals surface area contributed by atoms with Gasteiger partial charge < -0.3 is 10.6 Å². The molecule has 17 heavy (non-hydrogen) atoms. The van der Waals surface area contributed by atoms with Gasteiger partial charge in [-0.1, -0.05) is 6.07 Å². The van der Waals surface area contributed by atoms with Crippen LogP contribution in [0.25, 0.3) is 0 Å². The lowest BCUT2D eigenvalue weighted by molar-refractivity contribution is 0.0735. The molecule has 2 N–H and O–H groups in total. The zero-order valence-electron chi connectivity index (χ0n) is 9.93. The average Bonchev–Trinajstić information content (AvgIpc) is 3.16. The molecule has 0 heterocycles. The van der Waals surface area contributed by atoms with Gasteiger partial charge in [0, 0.05) is 23.8 Å². The molecule has 2 saturated carbocycles. The van der Waals surface area contributed by atoms with Crippen molar-refractivity contribution in [3.05, 3.63) is 29.8 Å². The fourth-order valence-corrected chi connectivity index (χ4v) is 2.20. The summed E-state index contributed by atoms with van der Waals surface area (Å²) in [5, 5.41) is 0. The highest BCUT2D eigenvalue weighted by Crippen LogP contribution is 2.35. The van der Waals surface area contributed by atoms with Crippen LogP contribution in [-0.4, -0.2) is 23.4 Å². The van der Waals surface area contributed by atoms with Crippen LogP contribution in [-0.2, 0) is 0 Å². The smallest absolute Gasteiger partial charge is 0.254 e. The van der Waals surface area contributed by atoms with E-state index in [1.54, 1.807) is 6.07 Å². The van der Waals surface area contributed by atoms with Gasteiger partial charge in [-0.3, -0.25) is 4.79 Å². The number of carbonyl (C=O) groups excluding carboxylic acids is 1.